The fourth-order valence-electron chi connectivity index (χ4n) is 7.92. The molecule has 2 aliphatic heterocycles. The summed E-state index contributed by atoms with van der Waals surface area (Å²) < 4.78 is 26.5. The molecule has 0 bridgehead atoms. The molecule has 11 heteroatoms. The molecule has 2 fully saturated rings. The Hall–Kier alpha value is -2.68. The van der Waals surface area contributed by atoms with E-state index in [0.29, 0.717) is 6.61 Å². The molecule has 3 aromatic heterocycles. The molecule has 352 valence electrons. The summed E-state index contributed by atoms with van der Waals surface area (Å²) >= 11 is 12.2. The summed E-state index contributed by atoms with van der Waals surface area (Å²) in [5, 5.41) is 20.1. The highest BCUT2D eigenvalue weighted by molar-refractivity contribution is 9.10. The first-order valence-electron chi connectivity index (χ1n) is 22.8. The van der Waals surface area contributed by atoms with Gasteiger partial charge in [0.1, 0.15) is 0 Å². The van der Waals surface area contributed by atoms with E-state index in [1.165, 1.54) is 63.9 Å². The number of hydrogen-bond acceptors (Lipinski definition) is 8. The van der Waals surface area contributed by atoms with Crippen LogP contribution in [0.5, 0.6) is 0 Å². The summed E-state index contributed by atoms with van der Waals surface area (Å²) in [5.74, 6) is 0. The lowest BCUT2D eigenvalue weighted by Crippen LogP contribution is -2.41. The van der Waals surface area contributed by atoms with Gasteiger partial charge in [-0.05, 0) is 180 Å². The number of thiophene rings is 3. The van der Waals surface area contributed by atoms with Gasteiger partial charge in [-0.3, -0.25) is 0 Å². The lowest BCUT2D eigenvalue weighted by molar-refractivity contribution is -0.0589. The van der Waals surface area contributed by atoms with E-state index < -0.39 is 6.29 Å². The van der Waals surface area contributed by atoms with Crippen LogP contribution in [0.15, 0.2) is 116 Å². The summed E-state index contributed by atoms with van der Waals surface area (Å²) in [5.41, 5.74) is 6.04. The van der Waals surface area contributed by atoms with Gasteiger partial charge in [0.25, 0.3) is 0 Å². The monoisotopic (exact) mass is 1070 g/mol. The molecule has 1 atom stereocenters. The van der Waals surface area contributed by atoms with Crippen LogP contribution in [-0.4, -0.2) is 42.9 Å². The Morgan fingerprint density at radius 2 is 1.06 bits per heavy atom. The van der Waals surface area contributed by atoms with Crippen LogP contribution in [-0.2, 0) is 35.2 Å². The van der Waals surface area contributed by atoms with E-state index in [2.05, 4.69) is 229 Å². The van der Waals surface area contributed by atoms with E-state index in [1.54, 1.807) is 22.7 Å². The fraction of sp³-hybridized carbons (Fsp3) is 0.418. The number of fused-ring (bicyclic) bond motifs is 2. The average molecular weight is 1070 g/mol. The van der Waals surface area contributed by atoms with Gasteiger partial charge >= 0.3 is 7.12 Å². The molecule has 0 amide bonds. The van der Waals surface area contributed by atoms with Crippen LogP contribution >= 0.6 is 65.9 Å². The van der Waals surface area contributed by atoms with Crippen molar-refractivity contribution in [3.63, 3.8) is 0 Å². The highest BCUT2D eigenvalue weighted by Crippen LogP contribution is 2.42. The Kier molecular flexibility index (Phi) is 17.2. The molecule has 66 heavy (non-hydrogen) atoms. The maximum Gasteiger partial charge on any atom is 0.505 e. The third kappa shape index (κ3) is 12.9. The van der Waals surface area contributed by atoms with Crippen LogP contribution in [0.1, 0.15) is 120 Å². The third-order valence-corrected chi connectivity index (χ3v) is 16.1. The molecular formula is C55H67BBr2O5S3. The van der Waals surface area contributed by atoms with Crippen molar-refractivity contribution in [2.75, 3.05) is 13.2 Å². The number of aliphatic hydroxyl groups is 1. The summed E-state index contributed by atoms with van der Waals surface area (Å²) in [6.45, 7) is 29.7. The standard InChI is InChI=1S/C27H30OS2.C14H23BO2S.C10H6Br2.C4H8O2/c1-7-28-27(5,6)23-13-15-30-25(23)21-11-9-18-16-20(10-8-19(18)17-21)24-22(12-14-29-24)26(2,3)4;1-12(2,3)10-8-9-18-11(10)15-16-13(4,5)14(6,7)17-15;11-9-3-1-7-5-10(12)4-2-8(7)6-9;5-4-2-1-3-6-4/h8-17H,7H2,1-6H3;8-9H,1-7H3;1-6H;4-5H,1-3H2. The maximum atomic E-state index is 8.51. The molecule has 0 spiro atoms. The molecule has 5 nitrogen and oxygen atoms in total. The van der Waals surface area contributed by atoms with E-state index in [0.717, 1.165) is 28.4 Å². The van der Waals surface area contributed by atoms with Crippen LogP contribution in [0.25, 0.3) is 42.4 Å². The molecule has 9 rings (SSSR count). The van der Waals surface area contributed by atoms with Crippen LogP contribution < -0.4 is 4.78 Å². The predicted molar refractivity (Wildman–Crippen MR) is 293 cm³/mol. The van der Waals surface area contributed by atoms with Crippen molar-refractivity contribution < 1.29 is 23.9 Å². The Morgan fingerprint density at radius 1 is 0.621 bits per heavy atom. The Bertz CT molecular complexity index is 2640. The molecule has 2 saturated heterocycles. The van der Waals surface area contributed by atoms with E-state index in [-0.39, 0.29) is 34.8 Å². The second-order valence-electron chi connectivity index (χ2n) is 20.4. The lowest BCUT2D eigenvalue weighted by Gasteiger charge is -2.32. The van der Waals surface area contributed by atoms with Crippen LogP contribution in [0, 0.1) is 0 Å². The van der Waals surface area contributed by atoms with Gasteiger partial charge in [0.05, 0.1) is 16.8 Å². The molecule has 0 radical (unpaired) electrons. The topological polar surface area (TPSA) is 57.2 Å². The van der Waals surface area contributed by atoms with Crippen molar-refractivity contribution >= 4 is 99.3 Å². The molecule has 5 heterocycles. The van der Waals surface area contributed by atoms with Gasteiger partial charge in [0.15, 0.2) is 6.29 Å². The zero-order valence-corrected chi connectivity index (χ0v) is 46.6. The number of ether oxygens (including phenoxy) is 2. The van der Waals surface area contributed by atoms with Gasteiger partial charge in [0, 0.05) is 48.7 Å². The van der Waals surface area contributed by atoms with Crippen LogP contribution in [0.2, 0.25) is 0 Å². The largest absolute Gasteiger partial charge is 0.505 e. The summed E-state index contributed by atoms with van der Waals surface area (Å²) in [6, 6.07) is 32.9. The summed E-state index contributed by atoms with van der Waals surface area (Å²) in [7, 11) is -0.232. The molecule has 1 N–H and O–H groups in total. The van der Waals surface area contributed by atoms with Crippen molar-refractivity contribution in [2.45, 2.75) is 137 Å². The van der Waals surface area contributed by atoms with Gasteiger partial charge in [-0.1, -0.05) is 110 Å². The van der Waals surface area contributed by atoms with Crippen molar-refractivity contribution in [1.29, 1.82) is 0 Å². The molecule has 4 aromatic carbocycles. The van der Waals surface area contributed by atoms with Gasteiger partial charge in [0.2, 0.25) is 0 Å². The molecule has 7 aromatic rings. The Labute approximate surface area is 423 Å². The number of rotatable bonds is 6. The molecular weight excluding hydrogens is 1010 g/mol. The van der Waals surface area contributed by atoms with E-state index >= 15 is 0 Å². The maximum absolute atomic E-state index is 8.51. The van der Waals surface area contributed by atoms with Gasteiger partial charge in [-0.15, -0.1) is 22.7 Å². The minimum atomic E-state index is -0.454. The van der Waals surface area contributed by atoms with Gasteiger partial charge in [-0.2, -0.15) is 11.3 Å². The average Bonchev–Trinajstić information content (AvgIpc) is 4.09. The second-order valence-corrected chi connectivity index (χ2v) is 25.0. The van der Waals surface area contributed by atoms with E-state index in [1.807, 2.05) is 11.3 Å². The first-order valence-corrected chi connectivity index (χ1v) is 27.0. The first-order chi connectivity index (χ1) is 30.9. The Balaban J connectivity index is 0.000000168. The first kappa shape index (κ1) is 52.7. The van der Waals surface area contributed by atoms with Crippen molar-refractivity contribution in [1.82, 2.24) is 0 Å². The number of halogens is 2. The van der Waals surface area contributed by atoms with Crippen LogP contribution in [0.4, 0.5) is 0 Å². The quantitative estimate of drug-likeness (QED) is 0.168. The lowest BCUT2D eigenvalue weighted by atomic mass is 9.76. The van der Waals surface area contributed by atoms with Gasteiger partial charge < -0.3 is 23.9 Å². The minimum Gasteiger partial charge on any atom is -0.399 e. The number of hydrogen-bond donors (Lipinski definition) is 1. The smallest absolute Gasteiger partial charge is 0.399 e. The predicted octanol–water partition coefficient (Wildman–Crippen LogP) is 16.7. The fourth-order valence-corrected chi connectivity index (χ4v) is 11.9. The Morgan fingerprint density at radius 3 is 1.50 bits per heavy atom. The van der Waals surface area contributed by atoms with Crippen LogP contribution in [0.3, 0.4) is 0 Å². The van der Waals surface area contributed by atoms with E-state index in [4.69, 9.17) is 23.9 Å². The molecule has 0 aliphatic carbocycles. The zero-order valence-electron chi connectivity index (χ0n) is 40.9. The second kappa shape index (κ2) is 21.5. The SMILES string of the molecule is Brc1ccc2cc(Br)ccc2c1.CC(C)(C)c1ccsc1B1OC(C)(C)C(C)(C)O1.CCOC(C)(C)c1ccsc1-c1ccc2cc(-c3sccc3C(C)(C)C)ccc2c1.OC1CCCO1. The normalized spacial score (nSPS) is 16.9. The number of benzene rings is 4. The molecule has 0 saturated carbocycles. The van der Waals surface area contributed by atoms with Crippen molar-refractivity contribution in [3.8, 4) is 20.9 Å². The summed E-state index contributed by atoms with van der Waals surface area (Å²) in [4.78, 5) is 2.68. The highest BCUT2D eigenvalue weighted by atomic mass is 79.9. The van der Waals surface area contributed by atoms with Gasteiger partial charge in [-0.25, -0.2) is 0 Å². The summed E-state index contributed by atoms with van der Waals surface area (Å²) in [6.07, 6.45) is 1.38. The van der Waals surface area contributed by atoms with Crippen molar-refractivity contribution in [2.24, 2.45) is 0 Å². The third-order valence-electron chi connectivity index (χ3n) is 12.3. The minimum absolute atomic E-state index is 0.124. The van der Waals surface area contributed by atoms with E-state index in [9.17, 15) is 0 Å². The zero-order chi connectivity index (χ0) is 48.2. The number of aliphatic hydroxyl groups excluding tert-OH is 1. The molecule has 2 aliphatic rings. The van der Waals surface area contributed by atoms with Crippen molar-refractivity contribution in [3.05, 3.63) is 133 Å². The highest BCUT2D eigenvalue weighted by Gasteiger charge is 2.53. The molecule has 1 unspecified atom stereocenters.